The van der Waals surface area contributed by atoms with Crippen LogP contribution in [-0.4, -0.2) is 79.4 Å². The lowest BCUT2D eigenvalue weighted by molar-refractivity contribution is -0.167. The first kappa shape index (κ1) is 28.8. The summed E-state index contributed by atoms with van der Waals surface area (Å²) in [4.78, 5) is 52.4. The van der Waals surface area contributed by atoms with Gasteiger partial charge in [-0.1, -0.05) is 27.7 Å². The van der Waals surface area contributed by atoms with Crippen molar-refractivity contribution < 1.29 is 43.5 Å². The van der Waals surface area contributed by atoms with Gasteiger partial charge in [0.2, 0.25) is 12.9 Å². The van der Waals surface area contributed by atoms with E-state index in [-0.39, 0.29) is 33.2 Å². The van der Waals surface area contributed by atoms with Crippen molar-refractivity contribution in [2.75, 3.05) is 13.4 Å². The lowest BCUT2D eigenvalue weighted by Gasteiger charge is -2.31. The maximum atomic E-state index is 12.7. The third-order valence-electron chi connectivity index (χ3n) is 6.42. The third-order valence-corrected chi connectivity index (χ3v) is 6.42. The van der Waals surface area contributed by atoms with Crippen molar-refractivity contribution in [3.63, 3.8) is 0 Å². The van der Waals surface area contributed by atoms with Gasteiger partial charge in [0.05, 0.1) is 35.4 Å². The molecule has 3 heterocycles. The van der Waals surface area contributed by atoms with Crippen LogP contribution in [0.5, 0.6) is 5.75 Å². The minimum Gasteiger partial charge on any atom is -0.457 e. The Balaban J connectivity index is 1.93. The largest absolute Gasteiger partial charge is 0.457 e. The molecular weight excluding hydrogens is 530 g/mol. The van der Waals surface area contributed by atoms with Crippen LogP contribution in [0.3, 0.4) is 0 Å². The number of nitrogens with one attached hydrogen (secondary N) is 1. The van der Waals surface area contributed by atoms with E-state index in [0.717, 1.165) is 4.68 Å². The fourth-order valence-corrected chi connectivity index (χ4v) is 4.37. The molecule has 0 saturated carbocycles. The molecule has 0 spiro atoms. The van der Waals surface area contributed by atoms with Gasteiger partial charge in [0.1, 0.15) is 23.0 Å². The van der Waals surface area contributed by atoms with Crippen LogP contribution < -0.4 is 10.3 Å². The molecule has 214 valence electrons. The molecule has 15 heteroatoms. The van der Waals surface area contributed by atoms with Crippen LogP contribution >= 0.6 is 0 Å². The predicted octanol–water partition coefficient (Wildman–Crippen LogP) is 0.984. The number of ether oxygens (including phenoxy) is 4. The van der Waals surface area contributed by atoms with Gasteiger partial charge in [0.15, 0.2) is 18.1 Å². The molecule has 2 aromatic heterocycles. The van der Waals surface area contributed by atoms with Gasteiger partial charge in [-0.25, -0.2) is 14.6 Å². The van der Waals surface area contributed by atoms with E-state index in [0.29, 0.717) is 0 Å². The van der Waals surface area contributed by atoms with Crippen LogP contribution in [0.4, 0.5) is 5.82 Å². The summed E-state index contributed by atoms with van der Waals surface area (Å²) in [6, 6.07) is 1.34. The molecule has 1 saturated heterocycles. The van der Waals surface area contributed by atoms with Crippen LogP contribution in [0.2, 0.25) is 0 Å². The molecule has 1 aliphatic rings. The number of hydrogen-bond donors (Lipinski definition) is 3. The number of hydrogen-bond acceptors (Lipinski definition) is 13. The van der Waals surface area contributed by atoms with Crippen LogP contribution in [0.15, 0.2) is 22.1 Å². The third kappa shape index (κ3) is 5.07. The molecule has 15 nitrogen and oxygen atoms in total. The van der Waals surface area contributed by atoms with E-state index in [9.17, 15) is 29.4 Å². The molecule has 0 amide bonds. The predicted molar refractivity (Wildman–Crippen MR) is 136 cm³/mol. The fraction of sp³-hybridized carbons (Fsp3) is 0.520. The second-order valence-electron chi connectivity index (χ2n) is 10.1. The van der Waals surface area contributed by atoms with Gasteiger partial charge in [-0.05, 0) is 13.0 Å². The van der Waals surface area contributed by atoms with Crippen LogP contribution in [0.1, 0.15) is 40.8 Å². The molecule has 3 aromatic rings. The summed E-state index contributed by atoms with van der Waals surface area (Å²) in [5, 5.41) is 32.5. The molecule has 4 unspecified atom stereocenters. The summed E-state index contributed by atoms with van der Waals surface area (Å²) in [7, 11) is 0. The number of aliphatic hydroxyl groups is 2. The highest BCUT2D eigenvalue weighted by atomic mass is 16.7. The van der Waals surface area contributed by atoms with E-state index in [1.807, 2.05) is 0 Å². The standard InChI is InChI=1S/C25H29N5O10/c1-11(2)22(34)38-10-37-15-6-13-17-14(7-27-28-21(13)33)29-30(20(18(15)17)26-9-32)24-25(5,36)19(16(8-31)39-24)40-23(35)12(3)4/h6-7,11-12,16,19,24,31,36H,8,10H2,1-5H3,(H,28,33). The maximum Gasteiger partial charge on any atom is 0.311 e. The van der Waals surface area contributed by atoms with Gasteiger partial charge in [-0.2, -0.15) is 10.2 Å². The Morgan fingerprint density at radius 1 is 1.25 bits per heavy atom. The molecule has 4 rings (SSSR count). The van der Waals surface area contributed by atoms with Gasteiger partial charge in [0, 0.05) is 5.39 Å². The highest BCUT2D eigenvalue weighted by molar-refractivity contribution is 6.16. The number of H-pyrrole nitrogens is 1. The molecule has 4 atom stereocenters. The Kier molecular flexibility index (Phi) is 8.03. The van der Waals surface area contributed by atoms with E-state index in [1.54, 1.807) is 27.7 Å². The van der Waals surface area contributed by atoms with Crippen molar-refractivity contribution in [3.8, 4) is 5.75 Å². The smallest absolute Gasteiger partial charge is 0.311 e. The Morgan fingerprint density at radius 3 is 2.58 bits per heavy atom. The molecule has 1 aromatic carbocycles. The van der Waals surface area contributed by atoms with E-state index in [1.165, 1.54) is 25.3 Å². The minimum absolute atomic E-state index is 0.00228. The molecule has 40 heavy (non-hydrogen) atoms. The molecule has 3 N–H and O–H groups in total. The molecule has 1 fully saturated rings. The zero-order valence-corrected chi connectivity index (χ0v) is 22.4. The number of carbonyl (C=O) groups is 2. The SMILES string of the molecule is CC(C)C(=O)OCOc1cc2c(=O)[nH]ncc3nn(C4OC(CO)C(OC(=O)C(C)C)C4(C)O)c(N=C=O)c1c32. The first-order chi connectivity index (χ1) is 18.9. The second kappa shape index (κ2) is 11.1. The van der Waals surface area contributed by atoms with E-state index in [2.05, 4.69) is 20.3 Å². The summed E-state index contributed by atoms with van der Waals surface area (Å²) in [5.74, 6) is -2.37. The van der Waals surface area contributed by atoms with Crippen molar-refractivity contribution >= 4 is 45.5 Å². The zero-order chi connectivity index (χ0) is 29.4. The van der Waals surface area contributed by atoms with Gasteiger partial charge in [-0.3, -0.25) is 14.4 Å². The summed E-state index contributed by atoms with van der Waals surface area (Å²) in [6.07, 6.45) is -1.30. The van der Waals surface area contributed by atoms with Crippen molar-refractivity contribution in [2.45, 2.75) is 58.7 Å². The number of aromatic nitrogens is 4. The second-order valence-corrected chi connectivity index (χ2v) is 10.1. The molecule has 1 aliphatic heterocycles. The molecular formula is C25H29N5O10. The number of aromatic amines is 1. The lowest BCUT2D eigenvalue weighted by atomic mass is 9.96. The highest BCUT2D eigenvalue weighted by Crippen LogP contribution is 2.46. The van der Waals surface area contributed by atoms with Gasteiger partial charge < -0.3 is 29.2 Å². The zero-order valence-electron chi connectivity index (χ0n) is 22.4. The van der Waals surface area contributed by atoms with E-state index >= 15 is 0 Å². The topological polar surface area (TPSA) is 205 Å². The number of rotatable bonds is 9. The summed E-state index contributed by atoms with van der Waals surface area (Å²) in [6.45, 7) is 6.67. The van der Waals surface area contributed by atoms with Crippen molar-refractivity contribution in [3.05, 3.63) is 22.6 Å². The first-order valence-corrected chi connectivity index (χ1v) is 12.4. The highest BCUT2D eigenvalue weighted by Gasteiger charge is 2.57. The minimum atomic E-state index is -2.00. The first-order valence-electron chi connectivity index (χ1n) is 12.4. The molecule has 0 bridgehead atoms. The van der Waals surface area contributed by atoms with Crippen LogP contribution in [-0.2, 0) is 28.6 Å². The number of nitrogens with zero attached hydrogens (tertiary/aromatic N) is 4. The maximum absolute atomic E-state index is 12.7. The average molecular weight is 560 g/mol. The van der Waals surface area contributed by atoms with Crippen molar-refractivity contribution in [2.24, 2.45) is 16.8 Å². The Labute approximate surface area is 226 Å². The van der Waals surface area contributed by atoms with E-state index in [4.69, 9.17) is 18.9 Å². The van der Waals surface area contributed by atoms with Gasteiger partial charge >= 0.3 is 11.9 Å². The average Bonchev–Trinajstić information content (AvgIpc) is 3.34. The Hall–Kier alpha value is -4.17. The number of carbonyl (C=O) groups excluding carboxylic acids is 3. The quantitative estimate of drug-likeness (QED) is 0.145. The number of aliphatic imine (C=N–C) groups is 1. The van der Waals surface area contributed by atoms with Crippen LogP contribution in [0, 0.1) is 11.8 Å². The Morgan fingerprint density at radius 2 is 1.95 bits per heavy atom. The van der Waals surface area contributed by atoms with E-state index < -0.39 is 66.8 Å². The fourth-order valence-electron chi connectivity index (χ4n) is 4.37. The van der Waals surface area contributed by atoms with Gasteiger partial charge in [-0.15, -0.1) is 4.99 Å². The molecule has 0 radical (unpaired) electrons. The van der Waals surface area contributed by atoms with Gasteiger partial charge in [0.25, 0.3) is 5.56 Å². The summed E-state index contributed by atoms with van der Waals surface area (Å²) >= 11 is 0. The Bertz CT molecular complexity index is 1550. The number of esters is 2. The van der Waals surface area contributed by atoms with Crippen molar-refractivity contribution in [1.82, 2.24) is 20.0 Å². The number of isocyanates is 1. The summed E-state index contributed by atoms with van der Waals surface area (Å²) < 4.78 is 23.2. The summed E-state index contributed by atoms with van der Waals surface area (Å²) in [5.41, 5.74) is -2.51. The monoisotopic (exact) mass is 559 g/mol. The lowest BCUT2D eigenvalue weighted by Crippen LogP contribution is -2.47. The normalized spacial score (nSPS) is 22.6. The van der Waals surface area contributed by atoms with Crippen LogP contribution in [0.25, 0.3) is 21.7 Å². The van der Waals surface area contributed by atoms with Crippen molar-refractivity contribution in [1.29, 1.82) is 0 Å². The molecule has 0 aliphatic carbocycles. The number of aliphatic hydroxyl groups excluding tert-OH is 1.